The van der Waals surface area contributed by atoms with Crippen LogP contribution in [0.3, 0.4) is 0 Å². The van der Waals surface area contributed by atoms with Gasteiger partial charge in [0.2, 0.25) is 5.91 Å². The zero-order valence-electron chi connectivity index (χ0n) is 10.4. The summed E-state index contributed by atoms with van der Waals surface area (Å²) in [6.07, 6.45) is 5.49. The molecule has 0 aliphatic rings. The summed E-state index contributed by atoms with van der Waals surface area (Å²) < 4.78 is 0. The second kappa shape index (κ2) is 8.72. The van der Waals surface area contributed by atoms with Crippen molar-refractivity contribution in [1.29, 1.82) is 0 Å². The number of hydrogen-bond acceptors (Lipinski definition) is 2. The third-order valence-corrected chi connectivity index (χ3v) is 2.39. The molecule has 0 unspecified atom stereocenters. The van der Waals surface area contributed by atoms with Crippen LogP contribution in [0.5, 0.6) is 0 Å². The van der Waals surface area contributed by atoms with Gasteiger partial charge in [0.05, 0.1) is 6.04 Å². The minimum Gasteiger partial charge on any atom is -0.355 e. The maximum Gasteiger partial charge on any atom is 0.236 e. The summed E-state index contributed by atoms with van der Waals surface area (Å²) >= 11 is 0. The number of rotatable bonds is 8. The zero-order valence-corrected chi connectivity index (χ0v) is 10.4. The van der Waals surface area contributed by atoms with E-state index in [0.29, 0.717) is 5.92 Å². The lowest BCUT2D eigenvalue weighted by Crippen LogP contribution is -2.41. The molecule has 0 aromatic carbocycles. The molecule has 0 aliphatic heterocycles. The number of nitrogens with two attached hydrogens (primary N) is 1. The number of amides is 1. The van der Waals surface area contributed by atoms with Gasteiger partial charge in [-0.2, -0.15) is 0 Å². The summed E-state index contributed by atoms with van der Waals surface area (Å²) in [5.41, 5.74) is 5.75. The maximum absolute atomic E-state index is 11.5. The molecule has 0 rings (SSSR count). The van der Waals surface area contributed by atoms with E-state index in [1.165, 1.54) is 19.3 Å². The lowest BCUT2D eigenvalue weighted by molar-refractivity contribution is -0.122. The van der Waals surface area contributed by atoms with Crippen molar-refractivity contribution in [3.63, 3.8) is 0 Å². The van der Waals surface area contributed by atoms with E-state index < -0.39 is 0 Å². The third-order valence-electron chi connectivity index (χ3n) is 2.39. The summed E-state index contributed by atoms with van der Waals surface area (Å²) in [5, 5.41) is 2.88. The lowest BCUT2D eigenvalue weighted by Gasteiger charge is -2.13. The molecule has 90 valence electrons. The summed E-state index contributed by atoms with van der Waals surface area (Å²) in [6.45, 7) is 7.10. The van der Waals surface area contributed by atoms with Gasteiger partial charge in [0.1, 0.15) is 0 Å². The smallest absolute Gasteiger partial charge is 0.236 e. The van der Waals surface area contributed by atoms with Crippen molar-refractivity contribution in [3.05, 3.63) is 0 Å². The number of hydrogen-bond donors (Lipinski definition) is 2. The third kappa shape index (κ3) is 8.43. The Labute approximate surface area is 93.8 Å². The number of unbranched alkanes of at least 4 members (excludes halogenated alkanes) is 3. The zero-order chi connectivity index (χ0) is 11.7. The molecule has 0 aliphatic carbocycles. The fraction of sp³-hybridized carbons (Fsp3) is 0.917. The van der Waals surface area contributed by atoms with Crippen LogP contribution in [0.2, 0.25) is 0 Å². The molecule has 1 atom stereocenters. The lowest BCUT2D eigenvalue weighted by atomic mass is 10.0. The highest BCUT2D eigenvalue weighted by Crippen LogP contribution is 2.02. The van der Waals surface area contributed by atoms with Crippen LogP contribution in [0, 0.1) is 5.92 Å². The van der Waals surface area contributed by atoms with Gasteiger partial charge >= 0.3 is 0 Å². The van der Waals surface area contributed by atoms with Crippen LogP contribution >= 0.6 is 0 Å². The summed E-state index contributed by atoms with van der Waals surface area (Å²) in [6, 6.07) is -0.337. The second-order valence-corrected chi connectivity index (χ2v) is 4.59. The molecule has 0 bridgehead atoms. The molecular formula is C12H26N2O. The number of carbonyl (C=O) groups is 1. The van der Waals surface area contributed by atoms with Crippen LogP contribution in [-0.2, 0) is 4.79 Å². The van der Waals surface area contributed by atoms with Crippen molar-refractivity contribution in [2.24, 2.45) is 11.7 Å². The van der Waals surface area contributed by atoms with Crippen molar-refractivity contribution in [3.8, 4) is 0 Å². The first-order chi connectivity index (χ1) is 7.07. The van der Waals surface area contributed by atoms with Crippen molar-refractivity contribution >= 4 is 5.91 Å². The Bertz CT molecular complexity index is 169. The molecule has 0 saturated heterocycles. The summed E-state index contributed by atoms with van der Waals surface area (Å²) in [7, 11) is 0. The molecule has 15 heavy (non-hydrogen) atoms. The van der Waals surface area contributed by atoms with E-state index >= 15 is 0 Å². The van der Waals surface area contributed by atoms with Gasteiger partial charge in [-0.1, -0.05) is 40.0 Å². The van der Waals surface area contributed by atoms with Gasteiger partial charge in [-0.25, -0.2) is 0 Å². The quantitative estimate of drug-likeness (QED) is 0.608. The van der Waals surface area contributed by atoms with Crippen LogP contribution in [0.1, 0.15) is 52.9 Å². The average Bonchev–Trinajstić information content (AvgIpc) is 2.16. The first-order valence-corrected chi connectivity index (χ1v) is 6.11. The van der Waals surface area contributed by atoms with E-state index in [2.05, 4.69) is 26.1 Å². The SMILES string of the molecule is CCCCCCNC(=O)[C@@H](N)CC(C)C. The molecule has 3 N–H and O–H groups in total. The van der Waals surface area contributed by atoms with Crippen molar-refractivity contribution < 1.29 is 4.79 Å². The standard InChI is InChI=1S/C12H26N2O/c1-4-5-6-7-8-14-12(15)11(13)9-10(2)3/h10-11H,4-9,13H2,1-3H3,(H,14,15)/t11-/m0/s1. The molecular weight excluding hydrogens is 188 g/mol. The molecule has 3 nitrogen and oxygen atoms in total. The topological polar surface area (TPSA) is 55.1 Å². The Balaban J connectivity index is 3.47. The van der Waals surface area contributed by atoms with Crippen LogP contribution < -0.4 is 11.1 Å². The van der Waals surface area contributed by atoms with Gasteiger partial charge in [-0.05, 0) is 18.8 Å². The van der Waals surface area contributed by atoms with Crippen LogP contribution in [0.25, 0.3) is 0 Å². The monoisotopic (exact) mass is 214 g/mol. The summed E-state index contributed by atoms with van der Waals surface area (Å²) in [5.74, 6) is 0.478. The fourth-order valence-corrected chi connectivity index (χ4v) is 1.51. The average molecular weight is 214 g/mol. The normalized spacial score (nSPS) is 12.9. The van der Waals surface area contributed by atoms with Gasteiger partial charge in [0.15, 0.2) is 0 Å². The van der Waals surface area contributed by atoms with Crippen molar-refractivity contribution in [1.82, 2.24) is 5.32 Å². The highest BCUT2D eigenvalue weighted by atomic mass is 16.2. The molecule has 0 heterocycles. The Kier molecular flexibility index (Phi) is 8.38. The second-order valence-electron chi connectivity index (χ2n) is 4.59. The van der Waals surface area contributed by atoms with Gasteiger partial charge < -0.3 is 11.1 Å². The van der Waals surface area contributed by atoms with E-state index in [1.54, 1.807) is 0 Å². The molecule has 0 saturated carbocycles. The van der Waals surface area contributed by atoms with Gasteiger partial charge in [0, 0.05) is 6.54 Å². The molecule has 0 aromatic rings. The number of carbonyl (C=O) groups excluding carboxylic acids is 1. The summed E-state index contributed by atoms with van der Waals surface area (Å²) in [4.78, 5) is 11.5. The molecule has 0 radical (unpaired) electrons. The van der Waals surface area contributed by atoms with Crippen LogP contribution in [0.15, 0.2) is 0 Å². The maximum atomic E-state index is 11.5. The van der Waals surface area contributed by atoms with E-state index in [9.17, 15) is 4.79 Å². The van der Waals surface area contributed by atoms with E-state index in [0.717, 1.165) is 19.4 Å². The molecule has 0 aromatic heterocycles. The minimum atomic E-state index is -0.337. The van der Waals surface area contributed by atoms with Crippen molar-refractivity contribution in [2.75, 3.05) is 6.54 Å². The fourth-order valence-electron chi connectivity index (χ4n) is 1.51. The van der Waals surface area contributed by atoms with Crippen LogP contribution in [0.4, 0.5) is 0 Å². The largest absolute Gasteiger partial charge is 0.355 e. The predicted molar refractivity (Wildman–Crippen MR) is 64.6 cm³/mol. The predicted octanol–water partition coefficient (Wildman–Crippen LogP) is 2.06. The van der Waals surface area contributed by atoms with Gasteiger partial charge in [-0.3, -0.25) is 4.79 Å². The highest BCUT2D eigenvalue weighted by molar-refractivity contribution is 5.81. The molecule has 0 fully saturated rings. The first kappa shape index (κ1) is 14.4. The van der Waals surface area contributed by atoms with Crippen molar-refractivity contribution in [2.45, 2.75) is 58.9 Å². The van der Waals surface area contributed by atoms with E-state index in [1.807, 2.05) is 0 Å². The van der Waals surface area contributed by atoms with E-state index in [4.69, 9.17) is 5.73 Å². The minimum absolute atomic E-state index is 0.000184. The molecule has 0 spiro atoms. The van der Waals surface area contributed by atoms with Gasteiger partial charge in [-0.15, -0.1) is 0 Å². The molecule has 1 amide bonds. The van der Waals surface area contributed by atoms with Crippen LogP contribution in [-0.4, -0.2) is 18.5 Å². The van der Waals surface area contributed by atoms with E-state index in [-0.39, 0.29) is 11.9 Å². The Morgan fingerprint density at radius 1 is 1.27 bits per heavy atom. The molecule has 3 heteroatoms. The number of nitrogens with one attached hydrogen (secondary N) is 1. The van der Waals surface area contributed by atoms with Gasteiger partial charge in [0.25, 0.3) is 0 Å². The Hall–Kier alpha value is -0.570. The highest BCUT2D eigenvalue weighted by Gasteiger charge is 2.13. The Morgan fingerprint density at radius 2 is 1.93 bits per heavy atom. The Morgan fingerprint density at radius 3 is 2.47 bits per heavy atom. The first-order valence-electron chi connectivity index (χ1n) is 6.11.